The summed E-state index contributed by atoms with van der Waals surface area (Å²) in [7, 11) is 0. The first-order valence-electron chi connectivity index (χ1n) is 5.44. The van der Waals surface area contributed by atoms with E-state index in [2.05, 4.69) is 4.98 Å². The number of rotatable bonds is 1. The zero-order chi connectivity index (χ0) is 11.3. The van der Waals surface area contributed by atoms with Gasteiger partial charge in [-0.2, -0.15) is 5.06 Å². The molecule has 0 radical (unpaired) electrons. The first-order valence-corrected chi connectivity index (χ1v) is 5.44. The number of hydroxylamine groups is 1. The van der Waals surface area contributed by atoms with Crippen LogP contribution in [-0.4, -0.2) is 22.1 Å². The summed E-state index contributed by atoms with van der Waals surface area (Å²) in [5, 5.41) is 10.2. The SMILES string of the molecule is N[C@H]1Cc2cc(C3CC3)cnc2N(O)C1=O. The number of nitrogens with two attached hydrogens (primary N) is 1. The van der Waals surface area contributed by atoms with Crippen molar-refractivity contribution in [2.24, 2.45) is 5.73 Å². The Hall–Kier alpha value is -1.46. The number of carbonyl (C=O) groups is 1. The lowest BCUT2D eigenvalue weighted by atomic mass is 10.00. The molecule has 5 heteroatoms. The second-order valence-corrected chi connectivity index (χ2v) is 4.49. The minimum Gasteiger partial charge on any atom is -0.320 e. The molecule has 2 heterocycles. The molecular weight excluding hydrogens is 206 g/mol. The number of carbonyl (C=O) groups excluding carboxylic acids is 1. The molecule has 1 aromatic heterocycles. The fourth-order valence-electron chi connectivity index (χ4n) is 2.09. The third-order valence-electron chi connectivity index (χ3n) is 3.18. The molecule has 0 unspecified atom stereocenters. The molecule has 2 aliphatic rings. The second-order valence-electron chi connectivity index (χ2n) is 4.49. The van der Waals surface area contributed by atoms with Crippen LogP contribution in [0.5, 0.6) is 0 Å². The summed E-state index contributed by atoms with van der Waals surface area (Å²) in [6, 6.07) is 1.35. The monoisotopic (exact) mass is 219 g/mol. The van der Waals surface area contributed by atoms with Gasteiger partial charge in [-0.15, -0.1) is 0 Å². The van der Waals surface area contributed by atoms with Gasteiger partial charge in [0.2, 0.25) is 0 Å². The Balaban J connectivity index is 2.02. The van der Waals surface area contributed by atoms with Crippen LogP contribution in [-0.2, 0) is 11.2 Å². The molecule has 1 aromatic rings. The highest BCUT2D eigenvalue weighted by Gasteiger charge is 2.32. The summed E-state index contributed by atoms with van der Waals surface area (Å²) in [5.41, 5.74) is 7.70. The molecule has 1 atom stereocenters. The van der Waals surface area contributed by atoms with Crippen molar-refractivity contribution in [2.75, 3.05) is 5.06 Å². The number of hydrogen-bond acceptors (Lipinski definition) is 4. The van der Waals surface area contributed by atoms with Gasteiger partial charge in [0, 0.05) is 12.6 Å². The molecule has 1 amide bonds. The van der Waals surface area contributed by atoms with Crippen LogP contribution >= 0.6 is 0 Å². The summed E-state index contributed by atoms with van der Waals surface area (Å²) < 4.78 is 0. The zero-order valence-corrected chi connectivity index (χ0v) is 8.76. The van der Waals surface area contributed by atoms with Crippen LogP contribution in [0.1, 0.15) is 29.9 Å². The van der Waals surface area contributed by atoms with Crippen LogP contribution in [0.25, 0.3) is 0 Å². The van der Waals surface area contributed by atoms with Crippen molar-refractivity contribution in [3.05, 3.63) is 23.4 Å². The lowest BCUT2D eigenvalue weighted by Gasteiger charge is -2.26. The highest BCUT2D eigenvalue weighted by Crippen LogP contribution is 2.41. The number of nitrogens with zero attached hydrogens (tertiary/aromatic N) is 2. The van der Waals surface area contributed by atoms with Crippen molar-refractivity contribution in [1.82, 2.24) is 4.98 Å². The smallest absolute Gasteiger partial charge is 0.269 e. The number of hydrogen-bond donors (Lipinski definition) is 2. The molecule has 84 valence electrons. The molecule has 1 aliphatic heterocycles. The number of pyridine rings is 1. The Morgan fingerprint density at radius 3 is 2.94 bits per heavy atom. The van der Waals surface area contributed by atoms with Crippen molar-refractivity contribution in [3.8, 4) is 0 Å². The summed E-state index contributed by atoms with van der Waals surface area (Å²) in [6.07, 6.45) is 4.60. The number of amides is 1. The Bertz CT molecular complexity index is 457. The van der Waals surface area contributed by atoms with Crippen LogP contribution in [0.3, 0.4) is 0 Å². The quantitative estimate of drug-likeness (QED) is 0.676. The Labute approximate surface area is 92.8 Å². The van der Waals surface area contributed by atoms with Gasteiger partial charge in [-0.1, -0.05) is 6.07 Å². The topological polar surface area (TPSA) is 79.4 Å². The van der Waals surface area contributed by atoms with Crippen LogP contribution in [0.2, 0.25) is 0 Å². The van der Waals surface area contributed by atoms with Crippen molar-refractivity contribution in [2.45, 2.75) is 31.2 Å². The molecule has 0 aromatic carbocycles. The average Bonchev–Trinajstić information content (AvgIpc) is 3.09. The van der Waals surface area contributed by atoms with Gasteiger partial charge in [0.05, 0.1) is 6.04 Å². The predicted octanol–water partition coefficient (Wildman–Crippen LogP) is 0.565. The van der Waals surface area contributed by atoms with E-state index in [0.29, 0.717) is 23.2 Å². The predicted molar refractivity (Wildman–Crippen MR) is 57.2 cm³/mol. The summed E-state index contributed by atoms with van der Waals surface area (Å²) in [4.78, 5) is 15.6. The highest BCUT2D eigenvalue weighted by molar-refractivity contribution is 5.97. The van der Waals surface area contributed by atoms with Crippen LogP contribution < -0.4 is 10.8 Å². The Morgan fingerprint density at radius 2 is 2.25 bits per heavy atom. The molecule has 0 spiro atoms. The first-order chi connectivity index (χ1) is 7.66. The Kier molecular flexibility index (Phi) is 1.99. The van der Waals surface area contributed by atoms with Crippen molar-refractivity contribution in [3.63, 3.8) is 0 Å². The van der Waals surface area contributed by atoms with E-state index in [4.69, 9.17) is 5.73 Å². The number of aromatic nitrogens is 1. The molecule has 16 heavy (non-hydrogen) atoms. The first kappa shape index (κ1) is 9.74. The molecule has 1 aliphatic carbocycles. The minimum atomic E-state index is -0.659. The number of anilines is 1. The maximum Gasteiger partial charge on any atom is 0.269 e. The molecule has 0 saturated heterocycles. The lowest BCUT2D eigenvalue weighted by molar-refractivity contribution is -0.125. The number of fused-ring (bicyclic) bond motifs is 1. The van der Waals surface area contributed by atoms with Crippen LogP contribution in [0, 0.1) is 0 Å². The van der Waals surface area contributed by atoms with E-state index in [9.17, 15) is 10.0 Å². The van der Waals surface area contributed by atoms with Gasteiger partial charge in [0.1, 0.15) is 0 Å². The molecule has 5 nitrogen and oxygen atoms in total. The molecule has 1 saturated carbocycles. The largest absolute Gasteiger partial charge is 0.320 e. The lowest BCUT2D eigenvalue weighted by Crippen LogP contribution is -2.47. The fourth-order valence-corrected chi connectivity index (χ4v) is 2.09. The van der Waals surface area contributed by atoms with Crippen molar-refractivity contribution >= 4 is 11.7 Å². The maximum atomic E-state index is 11.4. The van der Waals surface area contributed by atoms with Gasteiger partial charge in [0.25, 0.3) is 5.91 Å². The molecule has 1 fully saturated rings. The minimum absolute atomic E-state index is 0.330. The second kappa shape index (κ2) is 3.26. The van der Waals surface area contributed by atoms with E-state index in [1.807, 2.05) is 6.07 Å². The summed E-state index contributed by atoms with van der Waals surface area (Å²) in [5.74, 6) is 0.453. The zero-order valence-electron chi connectivity index (χ0n) is 8.76. The fraction of sp³-hybridized carbons (Fsp3) is 0.455. The van der Waals surface area contributed by atoms with E-state index >= 15 is 0 Å². The highest BCUT2D eigenvalue weighted by atomic mass is 16.5. The summed E-state index contributed by atoms with van der Waals surface area (Å²) >= 11 is 0. The van der Waals surface area contributed by atoms with Gasteiger partial charge in [0.15, 0.2) is 5.82 Å². The van der Waals surface area contributed by atoms with E-state index in [1.54, 1.807) is 6.20 Å². The summed E-state index contributed by atoms with van der Waals surface area (Å²) in [6.45, 7) is 0. The van der Waals surface area contributed by atoms with Gasteiger partial charge in [-0.3, -0.25) is 10.0 Å². The molecular formula is C11H13N3O2. The maximum absolute atomic E-state index is 11.4. The third-order valence-corrected chi connectivity index (χ3v) is 3.18. The van der Waals surface area contributed by atoms with Crippen molar-refractivity contribution in [1.29, 1.82) is 0 Å². The van der Waals surface area contributed by atoms with E-state index in [1.165, 1.54) is 18.4 Å². The standard InChI is InChI=1S/C11H13N3O2/c12-9-4-7-3-8(6-1-2-6)5-13-10(7)14(16)11(9)15/h3,5-6,9,16H,1-2,4,12H2/t9-/m0/s1. The van der Waals surface area contributed by atoms with Crippen LogP contribution in [0.15, 0.2) is 12.3 Å². The normalized spacial score (nSPS) is 24.5. The van der Waals surface area contributed by atoms with E-state index in [0.717, 1.165) is 5.56 Å². The molecule has 3 rings (SSSR count). The molecule has 3 N–H and O–H groups in total. The van der Waals surface area contributed by atoms with Gasteiger partial charge < -0.3 is 5.73 Å². The van der Waals surface area contributed by atoms with E-state index < -0.39 is 11.9 Å². The van der Waals surface area contributed by atoms with Crippen LogP contribution in [0.4, 0.5) is 5.82 Å². The third kappa shape index (κ3) is 1.40. The Morgan fingerprint density at radius 1 is 1.50 bits per heavy atom. The van der Waals surface area contributed by atoms with Gasteiger partial charge >= 0.3 is 0 Å². The van der Waals surface area contributed by atoms with Crippen molar-refractivity contribution < 1.29 is 10.0 Å². The average molecular weight is 219 g/mol. The molecule has 0 bridgehead atoms. The van der Waals surface area contributed by atoms with E-state index in [-0.39, 0.29) is 0 Å². The van der Waals surface area contributed by atoms with Gasteiger partial charge in [-0.05, 0) is 29.9 Å². The van der Waals surface area contributed by atoms with Gasteiger partial charge in [-0.25, -0.2) is 4.98 Å².